The van der Waals surface area contributed by atoms with Crippen LogP contribution in [0, 0.1) is 5.92 Å². The number of likely N-dealkylation sites (tertiary alicyclic amines) is 1. The molecular weight excluding hydrogens is 692 g/mol. The van der Waals surface area contributed by atoms with Gasteiger partial charge in [-0.1, -0.05) is 87.6 Å². The monoisotopic (exact) mass is 748 g/mol. The number of nitrogens with zero attached hydrogens (tertiary/aromatic N) is 1. The summed E-state index contributed by atoms with van der Waals surface area (Å²) in [6.45, 7) is 9.00. The molecule has 2 aromatic carbocycles. The first-order chi connectivity index (χ1) is 25.7. The highest BCUT2D eigenvalue weighted by molar-refractivity contribution is 5.90. The van der Waals surface area contributed by atoms with Gasteiger partial charge in [0.2, 0.25) is 5.91 Å². The van der Waals surface area contributed by atoms with Crippen LogP contribution >= 0.6 is 0 Å². The smallest absolute Gasteiger partial charge is 0.410 e. The first-order valence-corrected chi connectivity index (χ1v) is 19.3. The standard InChI is InChI=1S/C42H56N2O10/c1-26(37(52-28(3)46)25-50-27(2)45)38(40(48)54-42(4,5)6)43-39(47)36-22-30(53-29-16-10-8-7-9-11-17-29)23-44(36)41(49)51-24-35-33-20-14-12-18-31(33)32-19-13-15-21-34(32)35/h12-15,18-21,26,29-30,35-38H,7-11,16-17,22-25H2,1-6H3,(H,43,47)/t26-,30+,36-,37-,38?/m0/s1. The lowest BCUT2D eigenvalue weighted by atomic mass is 9.94. The van der Waals surface area contributed by atoms with E-state index in [4.69, 9.17) is 23.7 Å². The van der Waals surface area contributed by atoms with Crippen molar-refractivity contribution in [1.29, 1.82) is 0 Å². The van der Waals surface area contributed by atoms with E-state index in [-0.39, 0.29) is 38.2 Å². The second-order valence-electron chi connectivity index (χ2n) is 15.8. The van der Waals surface area contributed by atoms with Crippen LogP contribution in [0.25, 0.3) is 11.1 Å². The number of amides is 2. The summed E-state index contributed by atoms with van der Waals surface area (Å²) in [6.07, 6.45) is 5.50. The summed E-state index contributed by atoms with van der Waals surface area (Å²) in [6, 6.07) is 13.8. The number of hydrogen-bond donors (Lipinski definition) is 1. The van der Waals surface area contributed by atoms with E-state index in [0.717, 1.165) is 60.8 Å². The van der Waals surface area contributed by atoms with Gasteiger partial charge in [-0.2, -0.15) is 0 Å². The molecule has 1 unspecified atom stereocenters. The SMILES string of the molecule is CC(=O)OC[C@H](OC(C)=O)[C@H](C)C(NC(=O)[C@@H]1C[C@@H](OC2CCCCCCC2)CN1C(=O)OCC1c2ccccc2-c2ccccc21)C(=O)OC(C)(C)C. The molecule has 5 atom stereocenters. The summed E-state index contributed by atoms with van der Waals surface area (Å²) in [7, 11) is 0. The first-order valence-electron chi connectivity index (χ1n) is 19.3. The van der Waals surface area contributed by atoms with Gasteiger partial charge in [-0.3, -0.25) is 19.3 Å². The quantitative estimate of drug-likeness (QED) is 0.189. The number of esters is 3. The fourth-order valence-corrected chi connectivity index (χ4v) is 7.79. The molecule has 294 valence electrons. The van der Waals surface area contributed by atoms with Gasteiger partial charge in [0.1, 0.15) is 37.0 Å². The van der Waals surface area contributed by atoms with Crippen molar-refractivity contribution in [2.24, 2.45) is 5.92 Å². The molecule has 0 aromatic heterocycles. The van der Waals surface area contributed by atoms with Crippen molar-refractivity contribution in [3.8, 4) is 11.1 Å². The summed E-state index contributed by atoms with van der Waals surface area (Å²) in [5.74, 6) is -3.69. The summed E-state index contributed by atoms with van der Waals surface area (Å²) in [4.78, 5) is 67.3. The number of hydrogen-bond acceptors (Lipinski definition) is 10. The predicted molar refractivity (Wildman–Crippen MR) is 200 cm³/mol. The zero-order valence-corrected chi connectivity index (χ0v) is 32.5. The Kier molecular flexibility index (Phi) is 13.8. The zero-order chi connectivity index (χ0) is 39.0. The Labute approximate surface area is 318 Å². The fraction of sp³-hybridized carbons (Fsp3) is 0.595. The largest absolute Gasteiger partial charge is 0.462 e. The fourth-order valence-electron chi connectivity index (χ4n) is 7.79. The van der Waals surface area contributed by atoms with Crippen molar-refractivity contribution >= 4 is 29.9 Å². The normalized spacial score (nSPS) is 20.7. The van der Waals surface area contributed by atoms with Crippen LogP contribution < -0.4 is 5.32 Å². The second-order valence-corrected chi connectivity index (χ2v) is 15.8. The van der Waals surface area contributed by atoms with Crippen LogP contribution in [0.1, 0.15) is 110 Å². The van der Waals surface area contributed by atoms with E-state index >= 15 is 0 Å². The minimum atomic E-state index is -1.33. The Balaban J connectivity index is 1.38. The Morgan fingerprint density at radius 1 is 0.815 bits per heavy atom. The number of rotatable bonds is 12. The molecule has 1 heterocycles. The van der Waals surface area contributed by atoms with Crippen LogP contribution in [0.2, 0.25) is 0 Å². The molecular formula is C42H56N2O10. The van der Waals surface area contributed by atoms with Gasteiger partial charge in [-0.15, -0.1) is 0 Å². The van der Waals surface area contributed by atoms with E-state index in [1.54, 1.807) is 27.7 Å². The topological polar surface area (TPSA) is 147 Å². The highest BCUT2D eigenvalue weighted by atomic mass is 16.6. The molecule has 2 amide bonds. The van der Waals surface area contributed by atoms with E-state index in [0.29, 0.717) is 0 Å². The Bertz CT molecular complexity index is 1600. The Morgan fingerprint density at radius 3 is 1.98 bits per heavy atom. The lowest BCUT2D eigenvalue weighted by molar-refractivity contribution is -0.168. The van der Waals surface area contributed by atoms with Gasteiger partial charge >= 0.3 is 24.0 Å². The Hall–Kier alpha value is -4.45. The molecule has 12 heteroatoms. The molecule has 1 aliphatic heterocycles. The molecule has 1 saturated heterocycles. The molecule has 0 spiro atoms. The minimum Gasteiger partial charge on any atom is -0.462 e. The van der Waals surface area contributed by atoms with Gasteiger partial charge in [0, 0.05) is 32.1 Å². The average molecular weight is 749 g/mol. The molecule has 5 rings (SSSR count). The maximum absolute atomic E-state index is 14.4. The third-order valence-corrected chi connectivity index (χ3v) is 10.4. The number of benzene rings is 2. The third-order valence-electron chi connectivity index (χ3n) is 10.4. The summed E-state index contributed by atoms with van der Waals surface area (Å²) < 4.78 is 29.0. The van der Waals surface area contributed by atoms with Crippen LogP contribution in [0.5, 0.6) is 0 Å². The first kappa shape index (κ1) is 40.7. The van der Waals surface area contributed by atoms with Gasteiger partial charge in [0.15, 0.2) is 0 Å². The second kappa shape index (κ2) is 18.3. The van der Waals surface area contributed by atoms with Crippen LogP contribution in [-0.2, 0) is 42.9 Å². The predicted octanol–water partition coefficient (Wildman–Crippen LogP) is 6.47. The van der Waals surface area contributed by atoms with E-state index in [9.17, 15) is 24.0 Å². The van der Waals surface area contributed by atoms with E-state index in [1.807, 2.05) is 36.4 Å². The van der Waals surface area contributed by atoms with Gasteiger partial charge in [0.05, 0.1) is 18.8 Å². The number of carbonyl (C=O) groups is 5. The van der Waals surface area contributed by atoms with Gasteiger partial charge in [-0.05, 0) is 55.9 Å². The van der Waals surface area contributed by atoms with Crippen molar-refractivity contribution in [1.82, 2.24) is 10.2 Å². The van der Waals surface area contributed by atoms with Gasteiger partial charge in [-0.25, -0.2) is 9.59 Å². The number of carbonyl (C=O) groups excluding carboxylic acids is 5. The van der Waals surface area contributed by atoms with Crippen molar-refractivity contribution in [3.05, 3.63) is 59.7 Å². The van der Waals surface area contributed by atoms with Crippen molar-refractivity contribution < 1.29 is 47.7 Å². The van der Waals surface area contributed by atoms with E-state index < -0.39 is 65.7 Å². The molecule has 2 fully saturated rings. The molecule has 3 aliphatic rings. The average Bonchev–Trinajstić information content (AvgIpc) is 3.67. The summed E-state index contributed by atoms with van der Waals surface area (Å²) in [5, 5.41) is 2.82. The molecule has 12 nitrogen and oxygen atoms in total. The van der Waals surface area contributed by atoms with E-state index in [2.05, 4.69) is 17.4 Å². The zero-order valence-electron chi connectivity index (χ0n) is 32.5. The van der Waals surface area contributed by atoms with E-state index in [1.165, 1.54) is 25.2 Å². The van der Waals surface area contributed by atoms with Crippen LogP contribution in [0.15, 0.2) is 48.5 Å². The number of nitrogens with one attached hydrogen (secondary N) is 1. The lowest BCUT2D eigenvalue weighted by Gasteiger charge is -2.33. The summed E-state index contributed by atoms with van der Waals surface area (Å²) >= 11 is 0. The lowest BCUT2D eigenvalue weighted by Crippen LogP contribution is -2.56. The molecule has 1 saturated carbocycles. The highest BCUT2D eigenvalue weighted by Gasteiger charge is 2.45. The molecule has 0 radical (unpaired) electrons. The summed E-state index contributed by atoms with van der Waals surface area (Å²) in [5.41, 5.74) is 3.42. The van der Waals surface area contributed by atoms with Crippen LogP contribution in [-0.4, -0.2) is 90.6 Å². The molecule has 2 aromatic rings. The maximum Gasteiger partial charge on any atom is 0.410 e. The highest BCUT2D eigenvalue weighted by Crippen LogP contribution is 2.44. The van der Waals surface area contributed by atoms with Crippen molar-refractivity contribution in [2.75, 3.05) is 19.8 Å². The van der Waals surface area contributed by atoms with Crippen LogP contribution in [0.4, 0.5) is 4.79 Å². The van der Waals surface area contributed by atoms with Crippen LogP contribution in [0.3, 0.4) is 0 Å². The molecule has 0 bridgehead atoms. The van der Waals surface area contributed by atoms with Crippen molar-refractivity contribution in [2.45, 2.75) is 135 Å². The molecule has 54 heavy (non-hydrogen) atoms. The Morgan fingerprint density at radius 2 is 1.41 bits per heavy atom. The van der Waals surface area contributed by atoms with Gasteiger partial charge < -0.3 is 29.0 Å². The van der Waals surface area contributed by atoms with Gasteiger partial charge in [0.25, 0.3) is 0 Å². The molecule has 1 N–H and O–H groups in total. The number of ether oxygens (including phenoxy) is 5. The number of fused-ring (bicyclic) bond motifs is 3. The van der Waals surface area contributed by atoms with Crippen molar-refractivity contribution in [3.63, 3.8) is 0 Å². The minimum absolute atomic E-state index is 0.0155. The third kappa shape index (κ3) is 10.6. The maximum atomic E-state index is 14.4. The molecule has 2 aliphatic carbocycles.